The van der Waals surface area contributed by atoms with Crippen molar-refractivity contribution in [2.45, 2.75) is 27.2 Å². The maximum absolute atomic E-state index is 12.8. The highest BCUT2D eigenvalue weighted by Crippen LogP contribution is 2.25. The van der Waals surface area contributed by atoms with Gasteiger partial charge in [-0.1, -0.05) is 48.9 Å². The third-order valence-electron chi connectivity index (χ3n) is 4.05. The predicted octanol–water partition coefficient (Wildman–Crippen LogP) is 4.58. The zero-order valence-corrected chi connectivity index (χ0v) is 12.7. The van der Waals surface area contributed by atoms with Gasteiger partial charge in [0.25, 0.3) is 0 Å². The SMILES string of the molecule is CCc1cccc2c(C(=O)c3ccc(C)cc3C)c[nH]c12. The van der Waals surface area contributed by atoms with E-state index in [9.17, 15) is 4.79 Å². The lowest BCUT2D eigenvalue weighted by Crippen LogP contribution is -2.03. The number of rotatable bonds is 3. The van der Waals surface area contributed by atoms with E-state index in [0.29, 0.717) is 0 Å². The van der Waals surface area contributed by atoms with E-state index in [2.05, 4.69) is 24.0 Å². The number of H-pyrrole nitrogens is 1. The van der Waals surface area contributed by atoms with Crippen LogP contribution in [0.1, 0.15) is 39.5 Å². The fourth-order valence-corrected chi connectivity index (χ4v) is 2.91. The summed E-state index contributed by atoms with van der Waals surface area (Å²) < 4.78 is 0. The Hall–Kier alpha value is -2.35. The maximum atomic E-state index is 12.8. The normalized spacial score (nSPS) is 11.0. The van der Waals surface area contributed by atoms with Crippen molar-refractivity contribution in [3.05, 3.63) is 70.4 Å². The number of aryl methyl sites for hydroxylation is 3. The second-order valence-corrected chi connectivity index (χ2v) is 5.54. The summed E-state index contributed by atoms with van der Waals surface area (Å²) in [6, 6.07) is 12.1. The van der Waals surface area contributed by atoms with Gasteiger partial charge in [-0.05, 0) is 31.4 Å². The van der Waals surface area contributed by atoms with Gasteiger partial charge in [0.15, 0.2) is 5.78 Å². The van der Waals surface area contributed by atoms with Crippen LogP contribution in [0.4, 0.5) is 0 Å². The molecule has 21 heavy (non-hydrogen) atoms. The first-order chi connectivity index (χ1) is 10.1. The number of para-hydroxylation sites is 1. The molecule has 0 amide bonds. The van der Waals surface area contributed by atoms with Gasteiger partial charge in [0.1, 0.15) is 0 Å². The molecule has 0 saturated heterocycles. The van der Waals surface area contributed by atoms with Crippen LogP contribution in [0.15, 0.2) is 42.6 Å². The smallest absolute Gasteiger partial charge is 0.195 e. The number of hydrogen-bond donors (Lipinski definition) is 1. The molecule has 0 radical (unpaired) electrons. The Balaban J connectivity index is 2.14. The summed E-state index contributed by atoms with van der Waals surface area (Å²) in [4.78, 5) is 16.1. The molecule has 0 bridgehead atoms. The first-order valence-corrected chi connectivity index (χ1v) is 7.32. The molecule has 1 heterocycles. The molecule has 0 saturated carbocycles. The molecule has 3 aromatic rings. The van der Waals surface area contributed by atoms with Crippen molar-refractivity contribution in [3.63, 3.8) is 0 Å². The molecule has 0 aliphatic carbocycles. The lowest BCUT2D eigenvalue weighted by atomic mass is 9.96. The largest absolute Gasteiger partial charge is 0.360 e. The molecular weight excluding hydrogens is 258 g/mol. The number of hydrogen-bond acceptors (Lipinski definition) is 1. The first-order valence-electron chi connectivity index (χ1n) is 7.32. The minimum absolute atomic E-state index is 0.0898. The summed E-state index contributed by atoms with van der Waals surface area (Å²) in [5.41, 5.74) is 6.06. The third-order valence-corrected chi connectivity index (χ3v) is 4.05. The first kappa shape index (κ1) is 13.6. The van der Waals surface area contributed by atoms with Gasteiger partial charge in [0, 0.05) is 28.2 Å². The van der Waals surface area contributed by atoms with Crippen LogP contribution in [0.3, 0.4) is 0 Å². The van der Waals surface area contributed by atoms with Crippen LogP contribution in [0.25, 0.3) is 10.9 Å². The molecule has 2 nitrogen and oxygen atoms in total. The molecule has 0 aliphatic heterocycles. The van der Waals surface area contributed by atoms with Gasteiger partial charge in [-0.15, -0.1) is 0 Å². The highest BCUT2D eigenvalue weighted by molar-refractivity contribution is 6.17. The number of carbonyl (C=O) groups is 1. The van der Waals surface area contributed by atoms with E-state index in [0.717, 1.165) is 34.0 Å². The van der Waals surface area contributed by atoms with E-state index < -0.39 is 0 Å². The molecule has 0 atom stereocenters. The van der Waals surface area contributed by atoms with Crippen LogP contribution >= 0.6 is 0 Å². The third kappa shape index (κ3) is 2.27. The zero-order chi connectivity index (χ0) is 15.0. The minimum atomic E-state index is 0.0898. The van der Waals surface area contributed by atoms with Gasteiger partial charge < -0.3 is 4.98 Å². The number of aromatic amines is 1. The molecule has 2 heteroatoms. The van der Waals surface area contributed by atoms with Gasteiger partial charge in [0.2, 0.25) is 0 Å². The Bertz CT molecular complexity index is 827. The molecule has 3 rings (SSSR count). The topological polar surface area (TPSA) is 32.9 Å². The average Bonchev–Trinajstić information content (AvgIpc) is 2.90. The zero-order valence-electron chi connectivity index (χ0n) is 12.7. The van der Waals surface area contributed by atoms with Gasteiger partial charge in [0.05, 0.1) is 0 Å². The van der Waals surface area contributed by atoms with Crippen LogP contribution < -0.4 is 0 Å². The molecular formula is C19H19NO. The van der Waals surface area contributed by atoms with Crippen molar-refractivity contribution in [3.8, 4) is 0 Å². The number of nitrogens with one attached hydrogen (secondary N) is 1. The van der Waals surface area contributed by atoms with E-state index >= 15 is 0 Å². The van der Waals surface area contributed by atoms with Crippen molar-refractivity contribution < 1.29 is 4.79 Å². The van der Waals surface area contributed by atoms with Crippen molar-refractivity contribution >= 4 is 16.7 Å². The average molecular weight is 277 g/mol. The predicted molar refractivity (Wildman–Crippen MR) is 87.0 cm³/mol. The van der Waals surface area contributed by atoms with Gasteiger partial charge in [-0.25, -0.2) is 0 Å². The van der Waals surface area contributed by atoms with Crippen molar-refractivity contribution in [2.75, 3.05) is 0 Å². The second-order valence-electron chi connectivity index (χ2n) is 5.54. The van der Waals surface area contributed by atoms with Crippen molar-refractivity contribution in [1.29, 1.82) is 0 Å². The standard InChI is InChI=1S/C19H19NO/c1-4-14-6-5-7-16-17(11-20-18(14)16)19(21)15-9-8-12(2)10-13(15)3/h5-11,20H,4H2,1-3H3. The Morgan fingerprint density at radius 3 is 2.62 bits per heavy atom. The number of aromatic nitrogens is 1. The Kier molecular flexibility index (Phi) is 3.38. The van der Waals surface area contributed by atoms with Crippen LogP contribution in [-0.4, -0.2) is 10.8 Å². The van der Waals surface area contributed by atoms with E-state index in [-0.39, 0.29) is 5.78 Å². The molecule has 1 aromatic heterocycles. The molecule has 0 spiro atoms. The van der Waals surface area contributed by atoms with E-state index in [4.69, 9.17) is 0 Å². The molecule has 1 N–H and O–H groups in total. The van der Waals surface area contributed by atoms with Gasteiger partial charge in [-0.2, -0.15) is 0 Å². The number of carbonyl (C=O) groups excluding carboxylic acids is 1. The molecule has 0 aliphatic rings. The van der Waals surface area contributed by atoms with E-state index in [1.165, 1.54) is 11.1 Å². The summed E-state index contributed by atoms with van der Waals surface area (Å²) in [5.74, 6) is 0.0898. The highest BCUT2D eigenvalue weighted by atomic mass is 16.1. The number of fused-ring (bicyclic) bond motifs is 1. The van der Waals surface area contributed by atoms with Crippen LogP contribution in [0, 0.1) is 13.8 Å². The van der Waals surface area contributed by atoms with Crippen LogP contribution in [0.5, 0.6) is 0 Å². The van der Waals surface area contributed by atoms with Crippen LogP contribution in [-0.2, 0) is 6.42 Å². The molecule has 0 fully saturated rings. The Labute approximate surface area is 124 Å². The quantitative estimate of drug-likeness (QED) is 0.698. The summed E-state index contributed by atoms with van der Waals surface area (Å²) in [6.07, 6.45) is 2.79. The van der Waals surface area contributed by atoms with Gasteiger partial charge >= 0.3 is 0 Å². The molecule has 106 valence electrons. The van der Waals surface area contributed by atoms with Crippen molar-refractivity contribution in [1.82, 2.24) is 4.98 Å². The summed E-state index contributed by atoms with van der Waals surface area (Å²) >= 11 is 0. The fraction of sp³-hybridized carbons (Fsp3) is 0.211. The number of ketones is 1. The van der Waals surface area contributed by atoms with E-state index in [1.807, 2.05) is 44.3 Å². The Morgan fingerprint density at radius 2 is 1.90 bits per heavy atom. The Morgan fingerprint density at radius 1 is 1.10 bits per heavy atom. The molecule has 2 aromatic carbocycles. The van der Waals surface area contributed by atoms with Crippen LogP contribution in [0.2, 0.25) is 0 Å². The summed E-state index contributed by atoms with van der Waals surface area (Å²) in [5, 5.41) is 1.01. The maximum Gasteiger partial charge on any atom is 0.195 e. The lowest BCUT2D eigenvalue weighted by molar-refractivity contribution is 0.104. The minimum Gasteiger partial charge on any atom is -0.360 e. The summed E-state index contributed by atoms with van der Waals surface area (Å²) in [7, 11) is 0. The highest BCUT2D eigenvalue weighted by Gasteiger charge is 2.16. The number of benzene rings is 2. The summed E-state index contributed by atoms with van der Waals surface area (Å²) in [6.45, 7) is 6.16. The van der Waals surface area contributed by atoms with Gasteiger partial charge in [-0.3, -0.25) is 4.79 Å². The van der Waals surface area contributed by atoms with Crippen molar-refractivity contribution in [2.24, 2.45) is 0 Å². The second kappa shape index (κ2) is 5.21. The lowest BCUT2D eigenvalue weighted by Gasteiger charge is -2.06. The fourth-order valence-electron chi connectivity index (χ4n) is 2.91. The molecule has 0 unspecified atom stereocenters. The van der Waals surface area contributed by atoms with E-state index in [1.54, 1.807) is 0 Å². The monoisotopic (exact) mass is 277 g/mol.